The maximum absolute atomic E-state index is 13.2. The number of pyridine rings is 1. The number of fused-ring (bicyclic) bond motifs is 2. The molecule has 0 amide bonds. The summed E-state index contributed by atoms with van der Waals surface area (Å²) in [6.45, 7) is 3.72. The number of hydrogen-bond donors (Lipinski definition) is 3. The number of anilines is 1. The van der Waals surface area contributed by atoms with Crippen molar-refractivity contribution in [1.82, 2.24) is 9.88 Å². The van der Waals surface area contributed by atoms with Crippen LogP contribution in [0.25, 0.3) is 21.8 Å². The first kappa shape index (κ1) is 25.0. The highest BCUT2D eigenvalue weighted by Crippen LogP contribution is 2.30. The number of rotatable bonds is 7. The molecule has 0 bridgehead atoms. The fraction of sp³-hybridized carbons (Fsp3) is 0.350. The van der Waals surface area contributed by atoms with Crippen molar-refractivity contribution >= 4 is 43.3 Å². The minimum atomic E-state index is -3.67. The summed E-state index contributed by atoms with van der Waals surface area (Å²) in [7, 11) is 0.233. The van der Waals surface area contributed by atoms with Crippen LogP contribution in [0.5, 0.6) is 5.75 Å². The van der Waals surface area contributed by atoms with Crippen molar-refractivity contribution in [3.63, 3.8) is 0 Å². The van der Waals surface area contributed by atoms with Gasteiger partial charge in [0, 0.05) is 30.2 Å². The third-order valence-corrected chi connectivity index (χ3v) is 4.29. The highest BCUT2D eigenvalue weighted by Gasteiger charge is 2.19. The molecule has 32 heavy (non-hydrogen) atoms. The summed E-state index contributed by atoms with van der Waals surface area (Å²) in [6.07, 6.45) is 0.715. The zero-order chi connectivity index (χ0) is 24.1. The molecule has 0 fully saturated rings. The quantitative estimate of drug-likeness (QED) is 0.206. The van der Waals surface area contributed by atoms with Gasteiger partial charge in [0.25, 0.3) is 15.8 Å². The minimum absolute atomic E-state index is 0.129. The standard InChI is InChI=1S/C19H22N4O4.CH4O3S/c1-4-27-12-5-6-14-13(11-12)19(24)17-15(20-9-10-22(2)3)7-8-16(23(25)26)18(17)21-14;1-5(2,3)4/h5-8,11,20H,4,9-10H2,1-3H3,(H,21,24);1H3,(H,2,3,4). The van der Waals surface area contributed by atoms with Gasteiger partial charge >= 0.3 is 0 Å². The average Bonchev–Trinajstić information content (AvgIpc) is 2.67. The molecule has 0 saturated heterocycles. The topological polar surface area (TPSA) is 155 Å². The van der Waals surface area contributed by atoms with Gasteiger partial charge in [0.05, 0.1) is 28.7 Å². The lowest BCUT2D eigenvalue weighted by molar-refractivity contribution is -0.383. The number of nitro groups is 1. The van der Waals surface area contributed by atoms with E-state index >= 15 is 0 Å². The molecule has 0 atom stereocenters. The predicted molar refractivity (Wildman–Crippen MR) is 124 cm³/mol. The van der Waals surface area contributed by atoms with Gasteiger partial charge in [-0.3, -0.25) is 19.5 Å². The first-order valence-corrected chi connectivity index (χ1v) is 11.5. The molecule has 3 aromatic rings. The number of ether oxygens (including phenoxy) is 1. The molecule has 0 radical (unpaired) electrons. The molecule has 0 aliphatic rings. The second-order valence-corrected chi connectivity index (χ2v) is 8.66. The van der Waals surface area contributed by atoms with Crippen LogP contribution in [0.2, 0.25) is 0 Å². The molecule has 2 aromatic carbocycles. The molecule has 0 unspecified atom stereocenters. The Labute approximate surface area is 184 Å². The van der Waals surface area contributed by atoms with E-state index in [4.69, 9.17) is 9.29 Å². The SMILES string of the molecule is CCOc1ccc2[nH]c3c([N+](=O)[O-])ccc(NCCN(C)C)c3c(=O)c2c1.CS(=O)(=O)O. The highest BCUT2D eigenvalue weighted by molar-refractivity contribution is 7.85. The van der Waals surface area contributed by atoms with Crippen molar-refractivity contribution in [2.24, 2.45) is 0 Å². The summed E-state index contributed by atoms with van der Waals surface area (Å²) < 4.78 is 31.4. The summed E-state index contributed by atoms with van der Waals surface area (Å²) in [6, 6.07) is 8.11. The Kier molecular flexibility index (Phi) is 8.14. The Hall–Kier alpha value is -3.22. The maximum Gasteiger partial charge on any atom is 0.293 e. The molecule has 12 heteroatoms. The van der Waals surface area contributed by atoms with E-state index in [1.165, 1.54) is 6.07 Å². The number of likely N-dealkylation sites (N-methyl/N-ethyl adjacent to an activating group) is 1. The van der Waals surface area contributed by atoms with Gasteiger partial charge in [-0.2, -0.15) is 8.42 Å². The van der Waals surface area contributed by atoms with Crippen molar-refractivity contribution in [3.8, 4) is 5.75 Å². The Bertz CT molecular complexity index is 1280. The van der Waals surface area contributed by atoms with Gasteiger partial charge in [-0.1, -0.05) is 0 Å². The summed E-state index contributed by atoms with van der Waals surface area (Å²) in [4.78, 5) is 29.2. The largest absolute Gasteiger partial charge is 0.494 e. The van der Waals surface area contributed by atoms with Crippen molar-refractivity contribution in [1.29, 1.82) is 0 Å². The molecule has 0 aliphatic carbocycles. The number of nitrogens with one attached hydrogen (secondary N) is 2. The molecule has 3 rings (SSSR count). The molecule has 3 N–H and O–H groups in total. The fourth-order valence-corrected chi connectivity index (χ4v) is 3.01. The Morgan fingerprint density at radius 1 is 1.25 bits per heavy atom. The van der Waals surface area contributed by atoms with E-state index in [0.29, 0.717) is 41.7 Å². The summed E-state index contributed by atoms with van der Waals surface area (Å²) in [5.41, 5.74) is 0.927. The number of H-pyrrole nitrogens is 1. The zero-order valence-corrected chi connectivity index (χ0v) is 19.0. The molecule has 0 aliphatic heterocycles. The first-order valence-electron chi connectivity index (χ1n) is 9.63. The second kappa shape index (κ2) is 10.4. The van der Waals surface area contributed by atoms with Crippen LogP contribution in [0, 0.1) is 10.1 Å². The molecular formula is C20H26N4O7S. The van der Waals surface area contributed by atoms with E-state index in [1.54, 1.807) is 24.3 Å². The number of aromatic amines is 1. The highest BCUT2D eigenvalue weighted by atomic mass is 32.2. The van der Waals surface area contributed by atoms with E-state index in [0.717, 1.165) is 6.54 Å². The number of nitro benzene ring substituents is 1. The van der Waals surface area contributed by atoms with Crippen molar-refractivity contribution in [2.75, 3.05) is 45.4 Å². The number of non-ortho nitro benzene ring substituents is 1. The van der Waals surface area contributed by atoms with Crippen molar-refractivity contribution in [3.05, 3.63) is 50.7 Å². The number of aromatic nitrogens is 1. The van der Waals surface area contributed by atoms with E-state index in [-0.39, 0.29) is 22.0 Å². The molecule has 11 nitrogen and oxygen atoms in total. The minimum Gasteiger partial charge on any atom is -0.494 e. The van der Waals surface area contributed by atoms with Gasteiger partial charge in [0.1, 0.15) is 11.3 Å². The molecule has 0 saturated carbocycles. The van der Waals surface area contributed by atoms with Gasteiger partial charge < -0.3 is 19.9 Å². The zero-order valence-electron chi connectivity index (χ0n) is 18.2. The third kappa shape index (κ3) is 6.64. The van der Waals surface area contributed by atoms with Crippen LogP contribution in [0.4, 0.5) is 11.4 Å². The molecule has 1 heterocycles. The molecular weight excluding hydrogens is 440 g/mol. The van der Waals surface area contributed by atoms with Crippen LogP contribution in [0.15, 0.2) is 35.1 Å². The number of benzene rings is 2. The summed E-state index contributed by atoms with van der Waals surface area (Å²) >= 11 is 0. The number of hydrogen-bond acceptors (Lipinski definition) is 8. The first-order chi connectivity index (χ1) is 14.9. The Morgan fingerprint density at radius 2 is 1.91 bits per heavy atom. The lowest BCUT2D eigenvalue weighted by atomic mass is 10.1. The van der Waals surface area contributed by atoms with Crippen LogP contribution in [-0.4, -0.2) is 67.8 Å². The monoisotopic (exact) mass is 466 g/mol. The normalized spacial score (nSPS) is 11.3. The smallest absolute Gasteiger partial charge is 0.293 e. The Morgan fingerprint density at radius 3 is 2.47 bits per heavy atom. The van der Waals surface area contributed by atoms with Gasteiger partial charge in [-0.25, -0.2) is 0 Å². The average molecular weight is 467 g/mol. The van der Waals surface area contributed by atoms with Gasteiger partial charge in [-0.05, 0) is 45.3 Å². The lowest BCUT2D eigenvalue weighted by Gasteiger charge is -2.14. The van der Waals surface area contributed by atoms with Gasteiger partial charge in [0.2, 0.25) is 0 Å². The fourth-order valence-electron chi connectivity index (χ4n) is 3.01. The molecule has 1 aromatic heterocycles. The van der Waals surface area contributed by atoms with Gasteiger partial charge in [0.15, 0.2) is 5.43 Å². The summed E-state index contributed by atoms with van der Waals surface area (Å²) in [5, 5.41) is 15.4. The van der Waals surface area contributed by atoms with Crippen molar-refractivity contribution in [2.45, 2.75) is 6.92 Å². The third-order valence-electron chi connectivity index (χ3n) is 4.29. The van der Waals surface area contributed by atoms with Crippen molar-refractivity contribution < 1.29 is 22.6 Å². The van der Waals surface area contributed by atoms with Crippen LogP contribution in [0.3, 0.4) is 0 Å². The molecule has 174 valence electrons. The molecule has 0 spiro atoms. The van der Waals surface area contributed by atoms with Gasteiger partial charge in [-0.15, -0.1) is 0 Å². The van der Waals surface area contributed by atoms with E-state index in [9.17, 15) is 23.3 Å². The van der Waals surface area contributed by atoms with E-state index in [1.807, 2.05) is 25.9 Å². The van der Waals surface area contributed by atoms with Crippen LogP contribution in [0.1, 0.15) is 6.92 Å². The second-order valence-electron chi connectivity index (χ2n) is 7.20. The predicted octanol–water partition coefficient (Wildman–Crippen LogP) is 2.47. The Balaban J connectivity index is 0.000000654. The number of nitrogens with zero attached hydrogens (tertiary/aromatic N) is 2. The van der Waals surface area contributed by atoms with Crippen LogP contribution >= 0.6 is 0 Å². The summed E-state index contributed by atoms with van der Waals surface area (Å²) in [5.74, 6) is 0.586. The van der Waals surface area contributed by atoms with Crippen LogP contribution in [-0.2, 0) is 10.1 Å². The van der Waals surface area contributed by atoms with Crippen LogP contribution < -0.4 is 15.5 Å². The van der Waals surface area contributed by atoms with E-state index in [2.05, 4.69) is 10.3 Å². The van der Waals surface area contributed by atoms with E-state index < -0.39 is 15.0 Å². The lowest BCUT2D eigenvalue weighted by Crippen LogP contribution is -2.21. The maximum atomic E-state index is 13.2.